The predicted molar refractivity (Wildman–Crippen MR) is 82.1 cm³/mol. The third-order valence-corrected chi connectivity index (χ3v) is 3.91. The van der Waals surface area contributed by atoms with Crippen LogP contribution in [-0.4, -0.2) is 19.6 Å². The molecule has 0 amide bonds. The lowest BCUT2D eigenvalue weighted by Crippen LogP contribution is -2.31. The van der Waals surface area contributed by atoms with Gasteiger partial charge in [-0.05, 0) is 36.2 Å². The Morgan fingerprint density at radius 3 is 2.70 bits per heavy atom. The van der Waals surface area contributed by atoms with Crippen molar-refractivity contribution in [3.63, 3.8) is 0 Å². The molecule has 2 rings (SSSR count). The highest BCUT2D eigenvalue weighted by Gasteiger charge is 2.25. The van der Waals surface area contributed by atoms with Gasteiger partial charge in [-0.2, -0.15) is 10.2 Å². The lowest BCUT2D eigenvalue weighted by Gasteiger charge is -2.20. The third-order valence-electron chi connectivity index (χ3n) is 3.30. The number of nitrogens with two attached hydrogens (primary N) is 1. The maximum absolute atomic E-state index is 5.82. The van der Waals surface area contributed by atoms with Crippen molar-refractivity contribution >= 4 is 15.9 Å². The highest BCUT2D eigenvalue weighted by atomic mass is 79.9. The minimum Gasteiger partial charge on any atom is -0.275 e. The van der Waals surface area contributed by atoms with Crippen LogP contribution in [0.5, 0.6) is 0 Å². The zero-order chi connectivity index (χ0) is 14.9. The highest BCUT2D eigenvalue weighted by Crippen LogP contribution is 2.31. The van der Waals surface area contributed by atoms with E-state index in [1.807, 2.05) is 28.8 Å². The Hall–Kier alpha value is -1.18. The largest absolute Gasteiger partial charge is 0.275 e. The van der Waals surface area contributed by atoms with Gasteiger partial charge in [0, 0.05) is 24.8 Å². The Labute approximate surface area is 127 Å². The van der Waals surface area contributed by atoms with Crippen LogP contribution in [0.2, 0.25) is 0 Å². The summed E-state index contributed by atoms with van der Waals surface area (Å²) in [5, 5.41) is 8.91. The summed E-state index contributed by atoms with van der Waals surface area (Å²) in [4.78, 5) is 0. The zero-order valence-electron chi connectivity index (χ0n) is 12.3. The lowest BCUT2D eigenvalue weighted by molar-refractivity contribution is 0.474. The molecule has 0 bridgehead atoms. The van der Waals surface area contributed by atoms with E-state index in [9.17, 15) is 0 Å². The van der Waals surface area contributed by atoms with Gasteiger partial charge in [-0.1, -0.05) is 6.92 Å². The van der Waals surface area contributed by atoms with Gasteiger partial charge in [0.15, 0.2) is 0 Å². The maximum atomic E-state index is 5.82. The quantitative estimate of drug-likeness (QED) is 0.645. The van der Waals surface area contributed by atoms with Crippen LogP contribution in [0.25, 0.3) is 0 Å². The minimum atomic E-state index is -0.141. The van der Waals surface area contributed by atoms with E-state index >= 15 is 0 Å². The van der Waals surface area contributed by atoms with Crippen LogP contribution < -0.4 is 11.3 Å². The van der Waals surface area contributed by atoms with Gasteiger partial charge < -0.3 is 0 Å². The molecule has 6 nitrogen and oxygen atoms in total. The zero-order valence-corrected chi connectivity index (χ0v) is 13.8. The van der Waals surface area contributed by atoms with Crippen molar-refractivity contribution < 1.29 is 0 Å². The molecular formula is C13H21BrN6. The van der Waals surface area contributed by atoms with Gasteiger partial charge in [0.2, 0.25) is 0 Å². The van der Waals surface area contributed by atoms with E-state index in [2.05, 4.69) is 52.3 Å². The SMILES string of the molecule is CCc1nn(C)cc1C(NN)c1c(Br)cnn1C(C)C. The fourth-order valence-corrected chi connectivity index (χ4v) is 2.92. The van der Waals surface area contributed by atoms with Crippen molar-refractivity contribution in [2.75, 3.05) is 0 Å². The van der Waals surface area contributed by atoms with Gasteiger partial charge in [0.1, 0.15) is 0 Å². The number of hydrogen-bond donors (Lipinski definition) is 2. The number of nitrogens with one attached hydrogen (secondary N) is 1. The molecule has 110 valence electrons. The van der Waals surface area contributed by atoms with Crippen LogP contribution >= 0.6 is 15.9 Å². The molecular weight excluding hydrogens is 320 g/mol. The minimum absolute atomic E-state index is 0.141. The number of rotatable bonds is 5. The van der Waals surface area contributed by atoms with Gasteiger partial charge in [-0.15, -0.1) is 0 Å². The molecule has 3 N–H and O–H groups in total. The van der Waals surface area contributed by atoms with Crippen molar-refractivity contribution in [2.45, 2.75) is 39.3 Å². The maximum Gasteiger partial charge on any atom is 0.0922 e. The molecule has 0 aliphatic rings. The van der Waals surface area contributed by atoms with Gasteiger partial charge in [-0.3, -0.25) is 15.2 Å². The van der Waals surface area contributed by atoms with E-state index in [0.29, 0.717) is 0 Å². The van der Waals surface area contributed by atoms with Crippen LogP contribution in [0.15, 0.2) is 16.9 Å². The number of hydrogen-bond acceptors (Lipinski definition) is 4. The number of aryl methyl sites for hydroxylation is 2. The Morgan fingerprint density at radius 2 is 2.15 bits per heavy atom. The average Bonchev–Trinajstić information content (AvgIpc) is 2.95. The standard InChI is InChI=1S/C13H21BrN6/c1-5-11-9(7-19(4)18-11)12(17-15)13-10(14)6-16-20(13)8(2)3/h6-8,12,17H,5,15H2,1-4H3. The van der Waals surface area contributed by atoms with Gasteiger partial charge in [0.25, 0.3) is 0 Å². The summed E-state index contributed by atoms with van der Waals surface area (Å²) in [5.74, 6) is 5.82. The highest BCUT2D eigenvalue weighted by molar-refractivity contribution is 9.10. The molecule has 0 fully saturated rings. The summed E-state index contributed by atoms with van der Waals surface area (Å²) < 4.78 is 4.74. The van der Waals surface area contributed by atoms with Crippen molar-refractivity contribution in [3.8, 4) is 0 Å². The molecule has 2 heterocycles. The number of halogens is 1. The third kappa shape index (κ3) is 2.65. The molecule has 1 atom stereocenters. The first-order valence-corrected chi connectivity index (χ1v) is 7.50. The first-order chi connectivity index (χ1) is 9.49. The fourth-order valence-electron chi connectivity index (χ4n) is 2.42. The van der Waals surface area contributed by atoms with Crippen LogP contribution in [0, 0.1) is 0 Å². The topological polar surface area (TPSA) is 73.7 Å². The molecule has 20 heavy (non-hydrogen) atoms. The monoisotopic (exact) mass is 340 g/mol. The average molecular weight is 341 g/mol. The molecule has 0 saturated carbocycles. The van der Waals surface area contributed by atoms with E-state index in [1.165, 1.54) is 0 Å². The van der Waals surface area contributed by atoms with E-state index in [-0.39, 0.29) is 12.1 Å². The summed E-state index contributed by atoms with van der Waals surface area (Å²) in [6.07, 6.45) is 4.68. The number of nitrogens with zero attached hydrogens (tertiary/aromatic N) is 4. The van der Waals surface area contributed by atoms with Crippen LogP contribution in [0.3, 0.4) is 0 Å². The van der Waals surface area contributed by atoms with E-state index in [1.54, 1.807) is 0 Å². The first-order valence-electron chi connectivity index (χ1n) is 6.71. The van der Waals surface area contributed by atoms with Crippen molar-refractivity contribution in [2.24, 2.45) is 12.9 Å². The summed E-state index contributed by atoms with van der Waals surface area (Å²) >= 11 is 3.57. The Balaban J connectivity index is 2.55. The molecule has 7 heteroatoms. The molecule has 0 aliphatic heterocycles. The number of hydrazine groups is 1. The van der Waals surface area contributed by atoms with Crippen molar-refractivity contribution in [3.05, 3.63) is 33.8 Å². The smallest absolute Gasteiger partial charge is 0.0922 e. The number of aromatic nitrogens is 4. The van der Waals surface area contributed by atoms with Gasteiger partial charge >= 0.3 is 0 Å². The molecule has 2 aromatic rings. The van der Waals surface area contributed by atoms with Crippen LogP contribution in [0.1, 0.15) is 49.8 Å². The molecule has 0 spiro atoms. The van der Waals surface area contributed by atoms with Crippen LogP contribution in [-0.2, 0) is 13.5 Å². The summed E-state index contributed by atoms with van der Waals surface area (Å²) in [5.41, 5.74) is 6.04. The second kappa shape index (κ2) is 6.07. The Bertz CT molecular complexity index is 586. The normalized spacial score (nSPS) is 13.2. The van der Waals surface area contributed by atoms with Crippen molar-refractivity contribution in [1.82, 2.24) is 25.0 Å². The van der Waals surface area contributed by atoms with Crippen LogP contribution in [0.4, 0.5) is 0 Å². The fraction of sp³-hybridized carbons (Fsp3) is 0.538. The van der Waals surface area contributed by atoms with E-state index < -0.39 is 0 Å². The second-order valence-electron chi connectivity index (χ2n) is 5.07. The second-order valence-corrected chi connectivity index (χ2v) is 5.93. The Morgan fingerprint density at radius 1 is 1.45 bits per heavy atom. The Kier molecular flexibility index (Phi) is 4.62. The molecule has 1 unspecified atom stereocenters. The molecule has 2 aromatic heterocycles. The first kappa shape index (κ1) is 15.2. The summed E-state index contributed by atoms with van der Waals surface area (Å²) in [6.45, 7) is 6.29. The molecule has 0 saturated heterocycles. The summed E-state index contributed by atoms with van der Waals surface area (Å²) in [6, 6.07) is 0.117. The van der Waals surface area contributed by atoms with Crippen molar-refractivity contribution in [1.29, 1.82) is 0 Å². The molecule has 0 radical (unpaired) electrons. The molecule has 0 aliphatic carbocycles. The van der Waals surface area contributed by atoms with Gasteiger partial charge in [0.05, 0.1) is 28.1 Å². The lowest BCUT2D eigenvalue weighted by atomic mass is 10.0. The molecule has 0 aromatic carbocycles. The van der Waals surface area contributed by atoms with E-state index in [0.717, 1.165) is 27.8 Å². The summed E-state index contributed by atoms with van der Waals surface area (Å²) in [7, 11) is 1.92. The van der Waals surface area contributed by atoms with Gasteiger partial charge in [-0.25, -0.2) is 5.43 Å². The predicted octanol–water partition coefficient (Wildman–Crippen LogP) is 2.08. The van der Waals surface area contributed by atoms with E-state index in [4.69, 9.17) is 5.84 Å².